The van der Waals surface area contributed by atoms with Crippen molar-refractivity contribution in [1.82, 2.24) is 0 Å². The van der Waals surface area contributed by atoms with Gasteiger partial charge in [-0.3, -0.25) is 4.79 Å². The number of aliphatic hydroxyl groups is 3. The molecule has 0 aromatic carbocycles. The van der Waals surface area contributed by atoms with Crippen LogP contribution in [0.15, 0.2) is 23.3 Å². The van der Waals surface area contributed by atoms with E-state index in [9.17, 15) is 20.1 Å². The van der Waals surface area contributed by atoms with Crippen LogP contribution in [0.5, 0.6) is 0 Å². The lowest BCUT2D eigenvalue weighted by Crippen LogP contribution is -2.47. The molecular weight excluding hydrogens is 260 g/mol. The predicted molar refractivity (Wildman–Crippen MR) is 73.0 cm³/mol. The molecule has 0 aromatic rings. The normalized spacial score (nSPS) is 34.7. The first-order chi connectivity index (χ1) is 9.43. The van der Waals surface area contributed by atoms with Gasteiger partial charge in [-0.1, -0.05) is 5.57 Å². The van der Waals surface area contributed by atoms with Gasteiger partial charge < -0.3 is 20.1 Å². The zero-order valence-corrected chi connectivity index (χ0v) is 11.7. The first-order valence-corrected chi connectivity index (χ1v) is 6.97. The van der Waals surface area contributed by atoms with E-state index in [-0.39, 0.29) is 18.0 Å². The SMILES string of the molecule is C=C(C)CCC1C(=O)C2=C(COCCC2O)C(O)C1O. The van der Waals surface area contributed by atoms with Crippen LogP contribution in [-0.4, -0.2) is 52.6 Å². The van der Waals surface area contributed by atoms with E-state index in [4.69, 9.17) is 4.74 Å². The molecule has 1 aliphatic carbocycles. The smallest absolute Gasteiger partial charge is 0.167 e. The number of hydrogen-bond acceptors (Lipinski definition) is 5. The van der Waals surface area contributed by atoms with Crippen LogP contribution < -0.4 is 0 Å². The summed E-state index contributed by atoms with van der Waals surface area (Å²) in [5.74, 6) is -0.953. The molecule has 112 valence electrons. The number of aliphatic hydroxyl groups excluding tert-OH is 3. The van der Waals surface area contributed by atoms with Crippen molar-refractivity contribution in [3.05, 3.63) is 23.3 Å². The van der Waals surface area contributed by atoms with Gasteiger partial charge in [-0.2, -0.15) is 0 Å². The summed E-state index contributed by atoms with van der Waals surface area (Å²) >= 11 is 0. The molecule has 0 saturated heterocycles. The number of Topliss-reactive ketones (excluding diaryl/α,β-unsaturated/α-hetero) is 1. The third kappa shape index (κ3) is 2.86. The van der Waals surface area contributed by atoms with Crippen molar-refractivity contribution in [3.8, 4) is 0 Å². The Morgan fingerprint density at radius 2 is 2.10 bits per heavy atom. The number of rotatable bonds is 3. The standard InChI is InChI=1S/C15H22O5/c1-8(2)3-4-9-13(17)12-10(15(19)14(9)18)7-20-6-5-11(12)16/h9,11,14-16,18-19H,1,3-7H2,2H3. The molecule has 20 heavy (non-hydrogen) atoms. The number of carbonyl (C=O) groups excluding carboxylic acids is 1. The molecule has 1 heterocycles. The molecule has 4 atom stereocenters. The molecule has 2 aliphatic rings. The Labute approximate surface area is 118 Å². The van der Waals surface area contributed by atoms with Crippen molar-refractivity contribution in [1.29, 1.82) is 0 Å². The van der Waals surface area contributed by atoms with Gasteiger partial charge in [-0.05, 0) is 25.3 Å². The molecule has 0 spiro atoms. The topological polar surface area (TPSA) is 87.0 Å². The van der Waals surface area contributed by atoms with Crippen molar-refractivity contribution in [3.63, 3.8) is 0 Å². The van der Waals surface area contributed by atoms with E-state index < -0.39 is 24.2 Å². The Morgan fingerprint density at radius 3 is 2.75 bits per heavy atom. The highest BCUT2D eigenvalue weighted by molar-refractivity contribution is 6.00. The highest BCUT2D eigenvalue weighted by Gasteiger charge is 2.44. The Balaban J connectivity index is 2.30. The predicted octanol–water partition coefficient (Wildman–Crippen LogP) is 0.341. The molecule has 1 aliphatic heterocycles. The molecule has 5 heteroatoms. The summed E-state index contributed by atoms with van der Waals surface area (Å²) in [6, 6.07) is 0. The molecule has 0 radical (unpaired) electrons. The molecule has 0 fully saturated rings. The second-order valence-electron chi connectivity index (χ2n) is 5.70. The molecule has 4 unspecified atom stereocenters. The molecule has 0 amide bonds. The minimum Gasteiger partial charge on any atom is -0.389 e. The quantitative estimate of drug-likeness (QED) is 0.650. The minimum atomic E-state index is -1.15. The molecule has 0 bridgehead atoms. The van der Waals surface area contributed by atoms with E-state index in [1.54, 1.807) is 0 Å². The van der Waals surface area contributed by atoms with Crippen LogP contribution in [0, 0.1) is 5.92 Å². The van der Waals surface area contributed by atoms with Crippen molar-refractivity contribution in [2.24, 2.45) is 5.92 Å². The highest BCUT2D eigenvalue weighted by Crippen LogP contribution is 2.34. The molecule has 0 saturated carbocycles. The van der Waals surface area contributed by atoms with Gasteiger partial charge in [0.2, 0.25) is 0 Å². The summed E-state index contributed by atoms with van der Waals surface area (Å²) < 4.78 is 5.28. The zero-order valence-electron chi connectivity index (χ0n) is 11.7. The largest absolute Gasteiger partial charge is 0.389 e. The lowest BCUT2D eigenvalue weighted by atomic mass is 9.75. The van der Waals surface area contributed by atoms with Crippen LogP contribution in [0.25, 0.3) is 0 Å². The second kappa shape index (κ2) is 6.18. The molecular formula is C15H22O5. The van der Waals surface area contributed by atoms with Crippen LogP contribution in [0.1, 0.15) is 26.2 Å². The van der Waals surface area contributed by atoms with Gasteiger partial charge in [0.1, 0.15) is 6.10 Å². The monoisotopic (exact) mass is 282 g/mol. The first-order valence-electron chi connectivity index (χ1n) is 6.97. The summed E-state index contributed by atoms with van der Waals surface area (Å²) in [6.45, 7) is 6.06. The summed E-state index contributed by atoms with van der Waals surface area (Å²) in [5, 5.41) is 30.4. The highest BCUT2D eigenvalue weighted by atomic mass is 16.5. The number of ketones is 1. The van der Waals surface area contributed by atoms with Crippen molar-refractivity contribution in [2.45, 2.75) is 44.5 Å². The van der Waals surface area contributed by atoms with Gasteiger partial charge in [0.25, 0.3) is 0 Å². The fraction of sp³-hybridized carbons (Fsp3) is 0.667. The van der Waals surface area contributed by atoms with Gasteiger partial charge >= 0.3 is 0 Å². The van der Waals surface area contributed by atoms with Gasteiger partial charge in [-0.25, -0.2) is 0 Å². The van der Waals surface area contributed by atoms with Crippen molar-refractivity contribution in [2.75, 3.05) is 13.2 Å². The number of carbonyl (C=O) groups is 1. The van der Waals surface area contributed by atoms with Gasteiger partial charge in [0, 0.05) is 18.6 Å². The number of hydrogen-bond donors (Lipinski definition) is 3. The maximum absolute atomic E-state index is 12.5. The van der Waals surface area contributed by atoms with Gasteiger partial charge in [0.05, 0.1) is 24.7 Å². The second-order valence-corrected chi connectivity index (χ2v) is 5.70. The van der Waals surface area contributed by atoms with Crippen LogP contribution in [0.2, 0.25) is 0 Å². The Morgan fingerprint density at radius 1 is 1.40 bits per heavy atom. The zero-order chi connectivity index (χ0) is 14.9. The third-order valence-corrected chi connectivity index (χ3v) is 4.05. The van der Waals surface area contributed by atoms with Gasteiger partial charge in [0.15, 0.2) is 5.78 Å². The molecule has 3 N–H and O–H groups in total. The Hall–Kier alpha value is -1.01. The van der Waals surface area contributed by atoms with E-state index >= 15 is 0 Å². The summed E-state index contributed by atoms with van der Waals surface area (Å²) in [7, 11) is 0. The van der Waals surface area contributed by atoms with E-state index in [0.717, 1.165) is 5.57 Å². The van der Waals surface area contributed by atoms with E-state index in [0.29, 0.717) is 31.4 Å². The van der Waals surface area contributed by atoms with Crippen molar-refractivity contribution < 1.29 is 24.9 Å². The van der Waals surface area contributed by atoms with E-state index in [1.165, 1.54) is 0 Å². The van der Waals surface area contributed by atoms with E-state index in [2.05, 4.69) is 6.58 Å². The van der Waals surface area contributed by atoms with Crippen LogP contribution in [0.3, 0.4) is 0 Å². The molecule has 2 rings (SSSR count). The van der Waals surface area contributed by atoms with E-state index in [1.807, 2.05) is 6.92 Å². The number of ether oxygens (including phenoxy) is 1. The average Bonchev–Trinajstić information content (AvgIpc) is 2.58. The molecule has 0 aromatic heterocycles. The summed E-state index contributed by atoms with van der Waals surface area (Å²) in [6.07, 6.45) is -1.85. The lowest BCUT2D eigenvalue weighted by molar-refractivity contribution is -0.129. The first kappa shape index (κ1) is 15.4. The average molecular weight is 282 g/mol. The van der Waals surface area contributed by atoms with Crippen LogP contribution in [0.4, 0.5) is 0 Å². The Bertz CT molecular complexity index is 440. The maximum atomic E-state index is 12.5. The fourth-order valence-electron chi connectivity index (χ4n) is 2.87. The lowest BCUT2D eigenvalue weighted by Gasteiger charge is -2.35. The van der Waals surface area contributed by atoms with Crippen LogP contribution in [-0.2, 0) is 9.53 Å². The minimum absolute atomic E-state index is 0.0869. The fourth-order valence-corrected chi connectivity index (χ4v) is 2.87. The Kier molecular flexibility index (Phi) is 4.75. The molecule has 5 nitrogen and oxygen atoms in total. The number of allylic oxidation sites excluding steroid dienone is 1. The third-order valence-electron chi connectivity index (χ3n) is 4.05. The van der Waals surface area contributed by atoms with Gasteiger partial charge in [-0.15, -0.1) is 6.58 Å². The van der Waals surface area contributed by atoms with Crippen molar-refractivity contribution >= 4 is 5.78 Å². The summed E-state index contributed by atoms with van der Waals surface area (Å²) in [5.41, 5.74) is 1.50. The maximum Gasteiger partial charge on any atom is 0.167 e. The summed E-state index contributed by atoms with van der Waals surface area (Å²) in [4.78, 5) is 12.5. The van der Waals surface area contributed by atoms with Crippen LogP contribution >= 0.6 is 0 Å².